The second kappa shape index (κ2) is 11.5. The molecule has 0 atom stereocenters. The van der Waals surface area contributed by atoms with Gasteiger partial charge in [-0.2, -0.15) is 0 Å². The number of nitrogens with zero attached hydrogens (tertiary/aromatic N) is 2. The summed E-state index contributed by atoms with van der Waals surface area (Å²) >= 11 is 25.0. The van der Waals surface area contributed by atoms with Crippen LogP contribution in [0.4, 0.5) is 0 Å². The van der Waals surface area contributed by atoms with E-state index in [4.69, 9.17) is 46.4 Å². The zero-order valence-corrected chi connectivity index (χ0v) is 20.3. The molecule has 3 rings (SSSR count). The van der Waals surface area contributed by atoms with Gasteiger partial charge in [-0.05, 0) is 55.0 Å². The molecule has 0 spiro atoms. The van der Waals surface area contributed by atoms with Crippen molar-refractivity contribution in [2.45, 2.75) is 24.2 Å². The normalized spacial score (nSPS) is 15.4. The molecular formula is C22H20Cl4N2O2S. The van der Waals surface area contributed by atoms with Crippen LogP contribution < -0.4 is 0 Å². The number of thioether (sulfide) groups is 1. The number of hydrogen-bond donors (Lipinski definition) is 0. The highest BCUT2D eigenvalue weighted by Crippen LogP contribution is 2.39. The summed E-state index contributed by atoms with van der Waals surface area (Å²) in [5.74, 6) is 0.516. The molecule has 1 aliphatic rings. The fourth-order valence-corrected chi connectivity index (χ4v) is 5.11. The van der Waals surface area contributed by atoms with Gasteiger partial charge in [0.15, 0.2) is 10.1 Å². The van der Waals surface area contributed by atoms with Gasteiger partial charge in [0.1, 0.15) is 4.49 Å². The second-order valence-electron chi connectivity index (χ2n) is 7.16. The van der Waals surface area contributed by atoms with E-state index in [0.717, 1.165) is 24.2 Å². The first-order valence-electron chi connectivity index (χ1n) is 9.67. The van der Waals surface area contributed by atoms with E-state index >= 15 is 0 Å². The zero-order chi connectivity index (χ0) is 22.4. The predicted octanol–water partition coefficient (Wildman–Crippen LogP) is 7.72. The third-order valence-corrected chi connectivity index (χ3v) is 7.40. The van der Waals surface area contributed by atoms with Crippen LogP contribution in [0.1, 0.15) is 18.4 Å². The summed E-state index contributed by atoms with van der Waals surface area (Å²) in [5, 5.41) is 12.7. The van der Waals surface area contributed by atoms with E-state index in [1.54, 1.807) is 12.1 Å². The van der Waals surface area contributed by atoms with Crippen molar-refractivity contribution < 1.29 is 4.92 Å². The van der Waals surface area contributed by atoms with E-state index in [1.807, 2.05) is 35.2 Å². The number of likely N-dealkylation sites (tertiary alicyclic amines) is 1. The maximum atomic E-state index is 11.9. The molecule has 1 saturated heterocycles. The van der Waals surface area contributed by atoms with Gasteiger partial charge in [0.05, 0.1) is 4.92 Å². The van der Waals surface area contributed by atoms with Crippen LogP contribution in [-0.4, -0.2) is 22.9 Å². The lowest BCUT2D eigenvalue weighted by Gasteiger charge is -2.34. The van der Waals surface area contributed by atoms with Crippen LogP contribution in [0.5, 0.6) is 0 Å². The second-order valence-corrected chi connectivity index (χ2v) is 9.99. The summed E-state index contributed by atoms with van der Waals surface area (Å²) < 4.78 is -0.332. The highest BCUT2D eigenvalue weighted by atomic mass is 35.5. The fraction of sp³-hybridized carbons (Fsp3) is 0.273. The van der Waals surface area contributed by atoms with Crippen LogP contribution in [0, 0.1) is 16.0 Å². The summed E-state index contributed by atoms with van der Waals surface area (Å²) in [6.45, 7) is 1.35. The zero-order valence-electron chi connectivity index (χ0n) is 16.4. The van der Waals surface area contributed by atoms with Gasteiger partial charge in [0, 0.05) is 23.0 Å². The van der Waals surface area contributed by atoms with E-state index in [9.17, 15) is 10.1 Å². The molecule has 2 aromatic carbocycles. The van der Waals surface area contributed by atoms with Gasteiger partial charge < -0.3 is 4.90 Å². The quantitative estimate of drug-likeness (QED) is 0.163. The van der Waals surface area contributed by atoms with Crippen LogP contribution in [0.15, 0.2) is 79.7 Å². The predicted molar refractivity (Wildman–Crippen MR) is 130 cm³/mol. The average Bonchev–Trinajstić information content (AvgIpc) is 2.75. The van der Waals surface area contributed by atoms with Crippen LogP contribution in [0.25, 0.3) is 0 Å². The summed E-state index contributed by atoms with van der Waals surface area (Å²) in [6.07, 6.45) is 2.83. The number of halogens is 4. The van der Waals surface area contributed by atoms with E-state index in [-0.39, 0.29) is 15.2 Å². The SMILES string of the molecule is O=[N+]([O-])/C(C(Cl)=C(Cl)Cl)=C(\Sc1ccc(Cl)cc1)N1CCC(Cc2ccccc2)CC1. The van der Waals surface area contributed by atoms with Crippen molar-refractivity contribution >= 4 is 58.2 Å². The summed E-state index contributed by atoms with van der Waals surface area (Å²) in [7, 11) is 0. The molecule has 0 aliphatic carbocycles. The van der Waals surface area contributed by atoms with Crippen molar-refractivity contribution in [2.75, 3.05) is 13.1 Å². The molecule has 4 nitrogen and oxygen atoms in total. The highest BCUT2D eigenvalue weighted by molar-refractivity contribution is 8.03. The Labute approximate surface area is 206 Å². The van der Waals surface area contributed by atoms with Crippen molar-refractivity contribution in [1.82, 2.24) is 4.90 Å². The minimum Gasteiger partial charge on any atom is -0.360 e. The lowest BCUT2D eigenvalue weighted by Crippen LogP contribution is -2.34. The number of nitro groups is 1. The first-order valence-corrected chi connectivity index (χ1v) is 12.0. The lowest BCUT2D eigenvalue weighted by atomic mass is 9.90. The van der Waals surface area contributed by atoms with Crippen molar-refractivity contribution in [3.8, 4) is 0 Å². The van der Waals surface area contributed by atoms with Crippen molar-refractivity contribution in [2.24, 2.45) is 5.92 Å². The maximum absolute atomic E-state index is 11.9. The lowest BCUT2D eigenvalue weighted by molar-refractivity contribution is -0.421. The largest absolute Gasteiger partial charge is 0.360 e. The number of benzene rings is 2. The van der Waals surface area contributed by atoms with Gasteiger partial charge >= 0.3 is 5.70 Å². The molecule has 0 N–H and O–H groups in total. The summed E-state index contributed by atoms with van der Waals surface area (Å²) in [4.78, 5) is 14.2. The highest BCUT2D eigenvalue weighted by Gasteiger charge is 2.32. The van der Waals surface area contributed by atoms with Gasteiger partial charge in [0.2, 0.25) is 0 Å². The first-order chi connectivity index (χ1) is 14.8. The first kappa shape index (κ1) is 24.3. The van der Waals surface area contributed by atoms with Crippen molar-refractivity contribution in [3.05, 3.63) is 95.5 Å². The Morgan fingerprint density at radius 1 is 1.03 bits per heavy atom. The molecule has 2 aromatic rings. The van der Waals surface area contributed by atoms with E-state index in [2.05, 4.69) is 12.1 Å². The average molecular weight is 518 g/mol. The molecule has 0 unspecified atom stereocenters. The number of piperidine rings is 1. The molecule has 9 heteroatoms. The summed E-state index contributed by atoms with van der Waals surface area (Å²) in [6, 6.07) is 17.5. The Hall–Kier alpha value is -1.37. The third kappa shape index (κ3) is 6.80. The molecular weight excluding hydrogens is 498 g/mol. The number of hydrogen-bond acceptors (Lipinski definition) is 4. The number of rotatable bonds is 7. The molecule has 0 aromatic heterocycles. The maximum Gasteiger partial charge on any atom is 0.320 e. The van der Waals surface area contributed by atoms with Gasteiger partial charge in [-0.25, -0.2) is 0 Å². The minimum absolute atomic E-state index is 0.267. The number of allylic oxidation sites excluding steroid dienone is 1. The van der Waals surface area contributed by atoms with Gasteiger partial charge in [-0.1, -0.05) is 88.5 Å². The van der Waals surface area contributed by atoms with Crippen molar-refractivity contribution in [3.63, 3.8) is 0 Å². The molecule has 31 heavy (non-hydrogen) atoms. The Balaban J connectivity index is 1.86. The molecule has 0 saturated carbocycles. The fourth-order valence-electron chi connectivity index (χ4n) is 3.51. The molecule has 1 aliphatic heterocycles. The van der Waals surface area contributed by atoms with Gasteiger partial charge in [-0.15, -0.1) is 0 Å². The minimum atomic E-state index is -0.526. The third-order valence-electron chi connectivity index (χ3n) is 5.06. The van der Waals surface area contributed by atoms with Crippen LogP contribution >= 0.6 is 58.2 Å². The smallest absolute Gasteiger partial charge is 0.320 e. The molecule has 0 radical (unpaired) electrons. The molecule has 1 heterocycles. The Bertz CT molecular complexity index is 969. The van der Waals surface area contributed by atoms with Gasteiger partial charge in [0.25, 0.3) is 0 Å². The van der Waals surface area contributed by atoms with Crippen molar-refractivity contribution in [1.29, 1.82) is 0 Å². The standard InChI is InChI=1S/C22H20Cl4N2O2S/c23-17-6-8-18(9-7-17)31-22(20(28(29)30)19(24)21(25)26)27-12-10-16(11-13-27)14-15-4-2-1-3-5-15/h1-9,16H,10-14H2/b22-20-. The molecule has 1 fully saturated rings. The van der Waals surface area contributed by atoms with Gasteiger partial charge in [-0.3, -0.25) is 10.1 Å². The summed E-state index contributed by atoms with van der Waals surface area (Å²) in [5.41, 5.74) is 1.02. The Morgan fingerprint density at radius 3 is 2.19 bits per heavy atom. The Kier molecular flexibility index (Phi) is 8.99. The van der Waals surface area contributed by atoms with E-state index in [1.165, 1.54) is 17.3 Å². The monoisotopic (exact) mass is 516 g/mol. The Morgan fingerprint density at radius 2 is 1.65 bits per heavy atom. The van der Waals surface area contributed by atoms with E-state index < -0.39 is 4.92 Å². The topological polar surface area (TPSA) is 46.4 Å². The van der Waals surface area contributed by atoms with E-state index in [0.29, 0.717) is 29.1 Å². The molecule has 0 amide bonds. The van der Waals surface area contributed by atoms with Crippen LogP contribution in [0.3, 0.4) is 0 Å². The molecule has 164 valence electrons. The van der Waals surface area contributed by atoms with Crippen LogP contribution in [-0.2, 0) is 6.42 Å². The van der Waals surface area contributed by atoms with Crippen LogP contribution in [0.2, 0.25) is 5.02 Å². The molecule has 0 bridgehead atoms.